The molecule has 0 saturated heterocycles. The molecule has 0 aliphatic rings. The number of sulfonamides is 1. The minimum atomic E-state index is -3.98. The molecule has 2 rings (SSSR count). The van der Waals surface area contributed by atoms with Crippen molar-refractivity contribution < 1.29 is 23.1 Å². The molecular formula is C26H37N3O5S. The molecule has 2 aromatic carbocycles. The molecule has 1 amide bonds. The fourth-order valence-corrected chi connectivity index (χ4v) is 5.50. The molecule has 0 radical (unpaired) electrons. The molecule has 0 aliphatic carbocycles. The summed E-state index contributed by atoms with van der Waals surface area (Å²) in [5.41, 5.74) is 1.86. The predicted octanol–water partition coefficient (Wildman–Crippen LogP) is 3.52. The third-order valence-corrected chi connectivity index (χ3v) is 7.50. The van der Waals surface area contributed by atoms with E-state index in [1.165, 1.54) is 12.1 Å². The molecule has 2 N–H and O–H groups in total. The molecule has 0 aliphatic heterocycles. The Morgan fingerprint density at radius 1 is 1.00 bits per heavy atom. The number of carbonyl (C=O) groups excluding carboxylic acids is 1. The number of amides is 1. The molecule has 1 atom stereocenters. The van der Waals surface area contributed by atoms with Crippen LogP contribution >= 0.6 is 0 Å². The summed E-state index contributed by atoms with van der Waals surface area (Å²) in [7, 11) is -2.14. The molecule has 9 heteroatoms. The largest absolute Gasteiger partial charge is 0.480 e. The standard InChI is InChI=1S/C26H37N3O5S/c1-20(2)18-29(35(33,34)23-15-13-21(3)14-16-23)24(26(31)32)12-8-9-17-27-25(30)19-28(4)22-10-6-5-7-11-22/h5-7,10-11,13-16,20,24H,8-9,12,17-19H2,1-4H3,(H,27,30)(H,31,32)/t24-/m0/s1. The average molecular weight is 504 g/mol. The first kappa shape index (κ1) is 28.3. The lowest BCUT2D eigenvalue weighted by atomic mass is 10.1. The highest BCUT2D eigenvalue weighted by Gasteiger charge is 2.35. The van der Waals surface area contributed by atoms with Gasteiger partial charge in [-0.2, -0.15) is 4.31 Å². The zero-order chi connectivity index (χ0) is 26.0. The average Bonchev–Trinajstić information content (AvgIpc) is 2.80. The van der Waals surface area contributed by atoms with Crippen molar-refractivity contribution in [2.24, 2.45) is 5.92 Å². The van der Waals surface area contributed by atoms with Crippen LogP contribution in [0.3, 0.4) is 0 Å². The van der Waals surface area contributed by atoms with Crippen molar-refractivity contribution >= 4 is 27.6 Å². The van der Waals surface area contributed by atoms with Crippen molar-refractivity contribution in [3.63, 3.8) is 0 Å². The Morgan fingerprint density at radius 3 is 2.20 bits per heavy atom. The van der Waals surface area contributed by atoms with Crippen LogP contribution in [0.4, 0.5) is 5.69 Å². The van der Waals surface area contributed by atoms with Crippen molar-refractivity contribution in [3.8, 4) is 0 Å². The van der Waals surface area contributed by atoms with Gasteiger partial charge < -0.3 is 15.3 Å². The van der Waals surface area contributed by atoms with Crippen LogP contribution in [0.15, 0.2) is 59.5 Å². The van der Waals surface area contributed by atoms with E-state index in [-0.39, 0.29) is 36.2 Å². The first-order valence-corrected chi connectivity index (χ1v) is 13.3. The highest BCUT2D eigenvalue weighted by Crippen LogP contribution is 2.23. The number of carbonyl (C=O) groups is 2. The van der Waals surface area contributed by atoms with Crippen LogP contribution in [0.2, 0.25) is 0 Å². The van der Waals surface area contributed by atoms with Gasteiger partial charge in [0.1, 0.15) is 6.04 Å². The summed E-state index contributed by atoms with van der Waals surface area (Å²) < 4.78 is 27.8. The number of aliphatic carboxylic acids is 1. The van der Waals surface area contributed by atoms with Crippen LogP contribution < -0.4 is 10.2 Å². The van der Waals surface area contributed by atoms with Gasteiger partial charge in [0, 0.05) is 25.8 Å². The van der Waals surface area contributed by atoms with Crippen molar-refractivity contribution in [2.75, 3.05) is 31.6 Å². The Hall–Kier alpha value is -2.91. The molecule has 2 aromatic rings. The third kappa shape index (κ3) is 8.67. The van der Waals surface area contributed by atoms with Gasteiger partial charge in [-0.05, 0) is 56.4 Å². The molecule has 0 aromatic heterocycles. The van der Waals surface area contributed by atoms with Gasteiger partial charge in [0.25, 0.3) is 0 Å². The number of benzene rings is 2. The van der Waals surface area contributed by atoms with Gasteiger partial charge in [-0.1, -0.05) is 49.7 Å². The van der Waals surface area contributed by atoms with Crippen molar-refractivity contribution in [3.05, 3.63) is 60.2 Å². The maximum Gasteiger partial charge on any atom is 0.322 e. The number of unbranched alkanes of at least 4 members (excludes halogenated alkanes) is 1. The molecule has 0 saturated carbocycles. The molecule has 8 nitrogen and oxygen atoms in total. The summed E-state index contributed by atoms with van der Waals surface area (Å²) in [6.45, 7) is 6.29. The van der Waals surface area contributed by atoms with Gasteiger partial charge in [0.2, 0.25) is 15.9 Å². The van der Waals surface area contributed by atoms with Crippen molar-refractivity contribution in [2.45, 2.75) is 51.0 Å². The van der Waals surface area contributed by atoms with E-state index in [1.807, 2.05) is 63.1 Å². The highest BCUT2D eigenvalue weighted by molar-refractivity contribution is 7.89. The molecule has 0 unspecified atom stereocenters. The van der Waals surface area contributed by atoms with Gasteiger partial charge in [-0.15, -0.1) is 0 Å². The molecular weight excluding hydrogens is 466 g/mol. The second-order valence-corrected chi connectivity index (χ2v) is 11.1. The summed E-state index contributed by atoms with van der Waals surface area (Å²) in [6.07, 6.45) is 1.17. The van der Waals surface area contributed by atoms with E-state index in [1.54, 1.807) is 12.1 Å². The number of likely N-dealkylation sites (N-methyl/N-ethyl adjacent to an activating group) is 1. The Morgan fingerprint density at radius 2 is 1.63 bits per heavy atom. The van der Waals surface area contributed by atoms with E-state index in [2.05, 4.69) is 5.32 Å². The van der Waals surface area contributed by atoms with Gasteiger partial charge in [0.15, 0.2) is 0 Å². The van der Waals surface area contributed by atoms with Gasteiger partial charge >= 0.3 is 5.97 Å². The number of hydrogen-bond donors (Lipinski definition) is 2. The van der Waals surface area contributed by atoms with E-state index >= 15 is 0 Å². The SMILES string of the molecule is Cc1ccc(S(=O)(=O)N(CC(C)C)[C@@H](CCCCNC(=O)CN(C)c2ccccc2)C(=O)O)cc1. The third-order valence-electron chi connectivity index (χ3n) is 5.61. The monoisotopic (exact) mass is 503 g/mol. The highest BCUT2D eigenvalue weighted by atomic mass is 32.2. The van der Waals surface area contributed by atoms with E-state index in [0.29, 0.717) is 19.4 Å². The lowest BCUT2D eigenvalue weighted by molar-refractivity contribution is -0.142. The second kappa shape index (κ2) is 13.3. The Bertz CT molecular complexity index is 1060. The van der Waals surface area contributed by atoms with Gasteiger partial charge in [0.05, 0.1) is 11.4 Å². The number of anilines is 1. The smallest absolute Gasteiger partial charge is 0.322 e. The number of carboxylic acid groups (broad SMARTS) is 1. The second-order valence-electron chi connectivity index (χ2n) is 9.17. The number of aryl methyl sites for hydroxylation is 1. The van der Waals surface area contributed by atoms with Gasteiger partial charge in [-0.3, -0.25) is 9.59 Å². The number of carboxylic acids is 1. The number of nitrogens with one attached hydrogen (secondary N) is 1. The molecule has 0 bridgehead atoms. The number of hydrogen-bond acceptors (Lipinski definition) is 5. The molecule has 192 valence electrons. The Labute approximate surface area is 209 Å². The minimum Gasteiger partial charge on any atom is -0.480 e. The topological polar surface area (TPSA) is 107 Å². The zero-order valence-corrected chi connectivity index (χ0v) is 21.8. The quantitative estimate of drug-likeness (QED) is 0.382. The van der Waals surface area contributed by atoms with E-state index in [9.17, 15) is 23.1 Å². The van der Waals surface area contributed by atoms with E-state index < -0.39 is 22.0 Å². The predicted molar refractivity (Wildman–Crippen MR) is 138 cm³/mol. The van der Waals surface area contributed by atoms with Crippen LogP contribution in [0, 0.1) is 12.8 Å². The summed E-state index contributed by atoms with van der Waals surface area (Å²) in [4.78, 5) is 26.3. The fraction of sp³-hybridized carbons (Fsp3) is 0.462. The maximum absolute atomic E-state index is 13.3. The summed E-state index contributed by atoms with van der Waals surface area (Å²) in [5.74, 6) is -1.35. The van der Waals surface area contributed by atoms with Gasteiger partial charge in [-0.25, -0.2) is 8.42 Å². The number of nitrogens with zero attached hydrogens (tertiary/aromatic N) is 2. The summed E-state index contributed by atoms with van der Waals surface area (Å²) in [6, 6.07) is 14.8. The zero-order valence-electron chi connectivity index (χ0n) is 21.0. The minimum absolute atomic E-state index is 0.0436. The van der Waals surface area contributed by atoms with Crippen LogP contribution in [0.25, 0.3) is 0 Å². The first-order valence-electron chi connectivity index (χ1n) is 11.9. The lowest BCUT2D eigenvalue weighted by Crippen LogP contribution is -2.46. The molecule has 35 heavy (non-hydrogen) atoms. The lowest BCUT2D eigenvalue weighted by Gasteiger charge is -2.29. The summed E-state index contributed by atoms with van der Waals surface area (Å²) in [5, 5.41) is 12.7. The normalized spacial score (nSPS) is 12.5. The van der Waals surface area contributed by atoms with Crippen LogP contribution in [-0.4, -0.2) is 62.4 Å². The fourth-order valence-electron chi connectivity index (χ4n) is 3.72. The Balaban J connectivity index is 1.95. The van der Waals surface area contributed by atoms with Crippen LogP contribution in [0.1, 0.15) is 38.7 Å². The van der Waals surface area contributed by atoms with Crippen molar-refractivity contribution in [1.29, 1.82) is 0 Å². The maximum atomic E-state index is 13.3. The van der Waals surface area contributed by atoms with E-state index in [4.69, 9.17) is 0 Å². The number of rotatable bonds is 14. The van der Waals surface area contributed by atoms with Crippen molar-refractivity contribution in [1.82, 2.24) is 9.62 Å². The first-order chi connectivity index (χ1) is 16.5. The number of para-hydroxylation sites is 1. The van der Waals surface area contributed by atoms with Crippen LogP contribution in [-0.2, 0) is 19.6 Å². The van der Waals surface area contributed by atoms with Crippen LogP contribution in [0.5, 0.6) is 0 Å². The summed E-state index contributed by atoms with van der Waals surface area (Å²) >= 11 is 0. The molecule has 0 spiro atoms. The Kier molecular flexibility index (Phi) is 10.7. The molecule has 0 fully saturated rings. The van der Waals surface area contributed by atoms with E-state index in [0.717, 1.165) is 15.6 Å². The molecule has 0 heterocycles.